The minimum absolute atomic E-state index is 0.102. The highest BCUT2D eigenvalue weighted by atomic mass is 32.2. The quantitative estimate of drug-likeness (QED) is 0.140. The van der Waals surface area contributed by atoms with E-state index in [1.54, 1.807) is 0 Å². The van der Waals surface area contributed by atoms with Crippen molar-refractivity contribution in [2.75, 3.05) is 38.2 Å². The minimum Gasteiger partial charge on any atom is -0.634 e. The van der Waals surface area contributed by atoms with E-state index < -0.39 is 21.5 Å². The third-order valence-electron chi connectivity index (χ3n) is 5.20. The van der Waals surface area contributed by atoms with Gasteiger partial charge in [0.2, 0.25) is 5.91 Å². The van der Waals surface area contributed by atoms with E-state index in [1.807, 2.05) is 0 Å². The molecule has 0 fully saturated rings. The van der Waals surface area contributed by atoms with Crippen LogP contribution in [-0.2, 0) is 24.2 Å². The van der Waals surface area contributed by atoms with E-state index in [1.165, 1.54) is 32.1 Å². The molecule has 0 rings (SSSR count). The van der Waals surface area contributed by atoms with Crippen LogP contribution in [0.25, 0.3) is 0 Å². The lowest BCUT2D eigenvalue weighted by Gasteiger charge is -2.22. The Morgan fingerprint density at radius 1 is 0.844 bits per heavy atom. The smallest absolute Gasteiger partial charge is 0.305 e. The molecule has 32 heavy (non-hydrogen) atoms. The number of nitrogens with one attached hydrogen (secondary N) is 2. The van der Waals surface area contributed by atoms with Crippen molar-refractivity contribution in [1.82, 2.24) is 5.32 Å². The Morgan fingerprint density at radius 3 is 2.06 bits per heavy atom. The van der Waals surface area contributed by atoms with Crippen LogP contribution < -0.4 is 10.4 Å². The third-order valence-corrected chi connectivity index (χ3v) is 5.98. The number of quaternary nitrogens is 1. The first kappa shape index (κ1) is 30.8. The third kappa shape index (κ3) is 23.5. The number of ether oxygens (including phenoxy) is 1. The van der Waals surface area contributed by atoms with Crippen molar-refractivity contribution in [3.63, 3.8) is 0 Å². The van der Waals surface area contributed by atoms with Crippen LogP contribution in [0, 0.1) is 5.21 Å². The summed E-state index contributed by atoms with van der Waals surface area (Å²) in [6.45, 7) is 3.98. The molecule has 0 bridgehead atoms. The van der Waals surface area contributed by atoms with E-state index in [9.17, 15) is 23.2 Å². The second kappa shape index (κ2) is 20.4. The number of rotatable bonds is 22. The number of hydrogen-bond acceptors (Lipinski definition) is 6. The molecule has 0 radical (unpaired) electrons. The fourth-order valence-corrected chi connectivity index (χ4v) is 3.95. The van der Waals surface area contributed by atoms with Gasteiger partial charge in [-0.2, -0.15) is 0 Å². The molecule has 0 aromatic heterocycles. The molecule has 0 aliphatic carbocycles. The van der Waals surface area contributed by atoms with Gasteiger partial charge in [0, 0.05) is 25.6 Å². The van der Waals surface area contributed by atoms with E-state index >= 15 is 0 Å². The lowest BCUT2D eigenvalue weighted by Crippen LogP contribution is -3.07. The fraction of sp³-hybridized carbons (Fsp3) is 0.913. The van der Waals surface area contributed by atoms with Gasteiger partial charge in [0.25, 0.3) is 0 Å². The number of unbranched alkanes of at least 4 members (excludes halogenated alkanes) is 10. The molecule has 9 heteroatoms. The van der Waals surface area contributed by atoms with Crippen LogP contribution in [0.15, 0.2) is 0 Å². The largest absolute Gasteiger partial charge is 0.634 e. The molecular weight excluding hydrogens is 432 g/mol. The first-order chi connectivity index (χ1) is 15.2. The zero-order chi connectivity index (χ0) is 24.1. The van der Waals surface area contributed by atoms with Gasteiger partial charge in [-0.3, -0.25) is 9.59 Å². The summed E-state index contributed by atoms with van der Waals surface area (Å²) in [4.78, 5) is 23.1. The average molecular weight is 479 g/mol. The van der Waals surface area contributed by atoms with Crippen molar-refractivity contribution >= 4 is 21.7 Å². The molecule has 0 saturated heterocycles. The molecule has 2 N–H and O–H groups in total. The highest BCUT2D eigenvalue weighted by Gasteiger charge is 2.10. The standard InChI is InChI=1S/C23H46N2O6S/c1-3-4-5-6-7-11-14-20-31-23(27)16-12-9-8-10-13-18-25(28)19-15-17-24-22(26)21-32(2,29)30/h25H,3-21H2,1-2H3,(H,24,26). The van der Waals surface area contributed by atoms with E-state index in [0.717, 1.165) is 51.2 Å². The summed E-state index contributed by atoms with van der Waals surface area (Å²) in [6, 6.07) is 0. The molecule has 1 amide bonds. The molecule has 0 aromatic carbocycles. The molecule has 0 aromatic rings. The van der Waals surface area contributed by atoms with Crippen LogP contribution in [0.3, 0.4) is 0 Å². The van der Waals surface area contributed by atoms with E-state index in [4.69, 9.17) is 4.74 Å². The molecule has 1 unspecified atom stereocenters. The molecule has 0 aliphatic heterocycles. The number of carbonyl (C=O) groups is 2. The number of esters is 1. The summed E-state index contributed by atoms with van der Waals surface area (Å²) in [6.07, 6.45) is 15.1. The number of hydroxylamine groups is 2. The van der Waals surface area contributed by atoms with Gasteiger partial charge in [-0.1, -0.05) is 58.3 Å². The van der Waals surface area contributed by atoms with Crippen LogP contribution in [0.2, 0.25) is 0 Å². The van der Waals surface area contributed by atoms with E-state index in [-0.39, 0.29) is 11.0 Å². The average Bonchev–Trinajstić information content (AvgIpc) is 2.71. The maximum Gasteiger partial charge on any atom is 0.305 e. The summed E-state index contributed by atoms with van der Waals surface area (Å²) in [5, 5.41) is 14.5. The summed E-state index contributed by atoms with van der Waals surface area (Å²) in [5.41, 5.74) is 0. The second-order valence-electron chi connectivity index (χ2n) is 8.67. The number of sulfone groups is 1. The van der Waals surface area contributed by atoms with Gasteiger partial charge in [-0.25, -0.2) is 8.42 Å². The van der Waals surface area contributed by atoms with Gasteiger partial charge in [0.05, 0.1) is 19.7 Å². The lowest BCUT2D eigenvalue weighted by atomic mass is 10.1. The first-order valence-corrected chi connectivity index (χ1v) is 14.4. The van der Waals surface area contributed by atoms with Crippen LogP contribution in [0.1, 0.15) is 96.8 Å². The zero-order valence-electron chi connectivity index (χ0n) is 20.3. The topological polar surface area (TPSA) is 117 Å². The van der Waals surface area contributed by atoms with Crippen molar-refractivity contribution in [1.29, 1.82) is 0 Å². The molecule has 0 saturated carbocycles. The maximum atomic E-state index is 11.8. The molecular formula is C23H46N2O6S. The maximum absolute atomic E-state index is 11.8. The predicted molar refractivity (Wildman–Crippen MR) is 128 cm³/mol. The Bertz CT molecular complexity index is 583. The van der Waals surface area contributed by atoms with Crippen molar-refractivity contribution in [2.45, 2.75) is 96.8 Å². The lowest BCUT2D eigenvalue weighted by molar-refractivity contribution is -0.848. The monoisotopic (exact) mass is 478 g/mol. The van der Waals surface area contributed by atoms with Crippen LogP contribution in [-0.4, -0.2) is 58.5 Å². The summed E-state index contributed by atoms with van der Waals surface area (Å²) < 4.78 is 27.3. The summed E-state index contributed by atoms with van der Waals surface area (Å²) >= 11 is 0. The first-order valence-electron chi connectivity index (χ1n) is 12.4. The number of carbonyl (C=O) groups excluding carboxylic acids is 2. The fourth-order valence-electron chi connectivity index (χ4n) is 3.37. The van der Waals surface area contributed by atoms with E-state index in [2.05, 4.69) is 12.2 Å². The molecule has 190 valence electrons. The molecule has 8 nitrogen and oxygen atoms in total. The number of amides is 1. The van der Waals surface area contributed by atoms with Crippen molar-refractivity contribution in [3.05, 3.63) is 5.21 Å². The second-order valence-corrected chi connectivity index (χ2v) is 10.8. The van der Waals surface area contributed by atoms with Crippen molar-refractivity contribution in [3.8, 4) is 0 Å². The Labute approximate surface area is 195 Å². The molecule has 0 aliphatic rings. The van der Waals surface area contributed by atoms with Crippen molar-refractivity contribution in [2.24, 2.45) is 0 Å². The highest BCUT2D eigenvalue weighted by molar-refractivity contribution is 7.91. The molecule has 0 heterocycles. The summed E-state index contributed by atoms with van der Waals surface area (Å²) in [7, 11) is -3.32. The van der Waals surface area contributed by atoms with Gasteiger partial charge in [0.1, 0.15) is 5.75 Å². The zero-order valence-corrected chi connectivity index (χ0v) is 21.1. The van der Waals surface area contributed by atoms with Gasteiger partial charge in [-0.05, 0) is 25.7 Å². The Hall–Kier alpha value is -1.19. The van der Waals surface area contributed by atoms with Gasteiger partial charge in [-0.15, -0.1) is 0 Å². The Morgan fingerprint density at radius 2 is 1.41 bits per heavy atom. The van der Waals surface area contributed by atoms with Crippen LogP contribution in [0.4, 0.5) is 0 Å². The summed E-state index contributed by atoms with van der Waals surface area (Å²) in [5.74, 6) is -1.14. The van der Waals surface area contributed by atoms with Gasteiger partial charge < -0.3 is 20.3 Å². The predicted octanol–water partition coefficient (Wildman–Crippen LogP) is 2.55. The van der Waals surface area contributed by atoms with Crippen molar-refractivity contribution < 1.29 is 27.8 Å². The normalized spacial score (nSPS) is 12.5. The molecule has 1 atom stereocenters. The highest BCUT2D eigenvalue weighted by Crippen LogP contribution is 2.08. The number of hydrogen-bond donors (Lipinski definition) is 2. The Balaban J connectivity index is 3.41. The van der Waals surface area contributed by atoms with Gasteiger partial charge >= 0.3 is 5.97 Å². The SMILES string of the molecule is CCCCCCCCCOC(=O)CCCCCCC[NH+]([O-])CCCNC(=O)CS(C)(=O)=O. The molecule has 0 spiro atoms. The minimum atomic E-state index is -3.32. The van der Waals surface area contributed by atoms with Crippen LogP contribution >= 0.6 is 0 Å². The van der Waals surface area contributed by atoms with Crippen LogP contribution in [0.5, 0.6) is 0 Å². The van der Waals surface area contributed by atoms with E-state index in [0.29, 0.717) is 39.1 Å². The van der Waals surface area contributed by atoms with Gasteiger partial charge in [0.15, 0.2) is 9.84 Å². The Kier molecular flexibility index (Phi) is 19.7.